The maximum absolute atomic E-state index is 5.98. The van der Waals surface area contributed by atoms with Crippen molar-refractivity contribution in [1.29, 1.82) is 0 Å². The van der Waals surface area contributed by atoms with Gasteiger partial charge in [0.05, 0.1) is 7.11 Å². The van der Waals surface area contributed by atoms with E-state index in [0.717, 1.165) is 24.8 Å². The molecule has 0 amide bonds. The summed E-state index contributed by atoms with van der Waals surface area (Å²) < 4.78 is 5.20. The summed E-state index contributed by atoms with van der Waals surface area (Å²) in [7, 11) is 1.70. The third kappa shape index (κ3) is 3.03. The van der Waals surface area contributed by atoms with E-state index in [9.17, 15) is 0 Å². The summed E-state index contributed by atoms with van der Waals surface area (Å²) in [4.78, 5) is 2.52. The van der Waals surface area contributed by atoms with Crippen molar-refractivity contribution < 1.29 is 4.74 Å². The molecule has 3 heteroatoms. The van der Waals surface area contributed by atoms with Crippen LogP contribution in [0, 0.1) is 5.92 Å². The summed E-state index contributed by atoms with van der Waals surface area (Å²) >= 11 is 0. The fourth-order valence-electron chi connectivity index (χ4n) is 2.83. The maximum Gasteiger partial charge on any atom is 0.118 e. The van der Waals surface area contributed by atoms with Crippen molar-refractivity contribution in [3.05, 3.63) is 29.8 Å². The number of benzene rings is 1. The molecule has 3 nitrogen and oxygen atoms in total. The van der Waals surface area contributed by atoms with Gasteiger partial charge in [-0.3, -0.25) is 4.90 Å². The molecule has 1 aliphatic rings. The van der Waals surface area contributed by atoms with E-state index < -0.39 is 0 Å². The van der Waals surface area contributed by atoms with E-state index in [2.05, 4.69) is 24.0 Å². The van der Waals surface area contributed by atoms with Gasteiger partial charge in [-0.25, -0.2) is 0 Å². The zero-order chi connectivity index (χ0) is 13.0. The number of nitrogens with zero attached hydrogens (tertiary/aromatic N) is 1. The first-order valence-electron chi connectivity index (χ1n) is 6.82. The Morgan fingerprint density at radius 2 is 2.11 bits per heavy atom. The molecule has 100 valence electrons. The van der Waals surface area contributed by atoms with Crippen LogP contribution in [0.5, 0.6) is 5.75 Å². The normalized spacial score (nSPS) is 22.7. The number of hydrogen-bond donors (Lipinski definition) is 1. The fraction of sp³-hybridized carbons (Fsp3) is 0.600. The van der Waals surface area contributed by atoms with Gasteiger partial charge in [-0.2, -0.15) is 0 Å². The molecule has 0 unspecified atom stereocenters. The highest BCUT2D eigenvalue weighted by Gasteiger charge is 2.23. The first-order chi connectivity index (χ1) is 8.74. The molecule has 1 aromatic rings. The van der Waals surface area contributed by atoms with Gasteiger partial charge < -0.3 is 10.5 Å². The lowest BCUT2D eigenvalue weighted by Crippen LogP contribution is -2.40. The van der Waals surface area contributed by atoms with Crippen molar-refractivity contribution in [1.82, 2.24) is 4.90 Å². The SMILES string of the molecule is COc1ccc([C@H](CN)N2CCC[C@H](C)C2)cc1. The van der Waals surface area contributed by atoms with Gasteiger partial charge in [-0.05, 0) is 43.0 Å². The summed E-state index contributed by atoms with van der Waals surface area (Å²) in [6.07, 6.45) is 2.63. The molecule has 0 spiro atoms. The van der Waals surface area contributed by atoms with E-state index in [-0.39, 0.29) is 0 Å². The molecule has 0 aromatic heterocycles. The van der Waals surface area contributed by atoms with Gasteiger partial charge in [-0.1, -0.05) is 19.1 Å². The van der Waals surface area contributed by atoms with Crippen LogP contribution >= 0.6 is 0 Å². The first kappa shape index (κ1) is 13.4. The van der Waals surface area contributed by atoms with E-state index in [1.165, 1.54) is 18.4 Å². The van der Waals surface area contributed by atoms with Gasteiger partial charge in [-0.15, -0.1) is 0 Å². The third-order valence-corrected chi connectivity index (χ3v) is 3.85. The molecule has 18 heavy (non-hydrogen) atoms. The fourth-order valence-corrected chi connectivity index (χ4v) is 2.83. The second-order valence-corrected chi connectivity index (χ2v) is 5.27. The van der Waals surface area contributed by atoms with Crippen LogP contribution in [0.15, 0.2) is 24.3 Å². The standard InChI is InChI=1S/C15H24N2O/c1-12-4-3-9-17(11-12)15(10-16)13-5-7-14(18-2)8-6-13/h5-8,12,15H,3-4,9-11,16H2,1-2H3/t12-,15-/m0/s1. The first-order valence-corrected chi connectivity index (χ1v) is 6.82. The van der Waals surface area contributed by atoms with Crippen LogP contribution in [0.1, 0.15) is 31.4 Å². The second kappa shape index (κ2) is 6.21. The smallest absolute Gasteiger partial charge is 0.118 e. The second-order valence-electron chi connectivity index (χ2n) is 5.27. The summed E-state index contributed by atoms with van der Waals surface area (Å²) in [5.74, 6) is 1.69. The van der Waals surface area contributed by atoms with Crippen LogP contribution in [0.3, 0.4) is 0 Å². The molecule has 0 radical (unpaired) electrons. The number of rotatable bonds is 4. The molecule has 2 N–H and O–H groups in total. The van der Waals surface area contributed by atoms with Gasteiger partial charge in [0.1, 0.15) is 5.75 Å². The molecule has 1 saturated heterocycles. The Bertz CT molecular complexity index is 363. The number of piperidine rings is 1. The number of methoxy groups -OCH3 is 1. The topological polar surface area (TPSA) is 38.5 Å². The van der Waals surface area contributed by atoms with Crippen LogP contribution in [0.4, 0.5) is 0 Å². The molecule has 0 aliphatic carbocycles. The average molecular weight is 248 g/mol. The largest absolute Gasteiger partial charge is 0.497 e. The van der Waals surface area contributed by atoms with E-state index in [4.69, 9.17) is 10.5 Å². The van der Waals surface area contributed by atoms with E-state index >= 15 is 0 Å². The summed E-state index contributed by atoms with van der Waals surface area (Å²) in [6.45, 7) is 5.33. The number of likely N-dealkylation sites (tertiary alicyclic amines) is 1. The Labute approximate surface area is 110 Å². The molecule has 2 atom stereocenters. The minimum Gasteiger partial charge on any atom is -0.497 e. The Balaban J connectivity index is 2.11. The van der Waals surface area contributed by atoms with Crippen molar-refractivity contribution in [3.8, 4) is 5.75 Å². The predicted octanol–water partition coefficient (Wildman–Crippen LogP) is 2.43. The Hall–Kier alpha value is -1.06. The molecule has 1 fully saturated rings. The zero-order valence-corrected chi connectivity index (χ0v) is 11.4. The quantitative estimate of drug-likeness (QED) is 0.889. The van der Waals surface area contributed by atoms with Crippen molar-refractivity contribution in [2.75, 3.05) is 26.7 Å². The molecule has 2 rings (SSSR count). The highest BCUT2D eigenvalue weighted by atomic mass is 16.5. The Kier molecular flexibility index (Phi) is 4.61. The highest BCUT2D eigenvalue weighted by molar-refractivity contribution is 5.29. The van der Waals surface area contributed by atoms with Crippen LogP contribution < -0.4 is 10.5 Å². The van der Waals surface area contributed by atoms with Crippen molar-refractivity contribution >= 4 is 0 Å². The summed E-state index contributed by atoms with van der Waals surface area (Å²) in [5, 5.41) is 0. The minimum absolute atomic E-state index is 0.346. The maximum atomic E-state index is 5.98. The van der Waals surface area contributed by atoms with Crippen LogP contribution in [-0.4, -0.2) is 31.6 Å². The lowest BCUT2D eigenvalue weighted by Gasteiger charge is -2.37. The van der Waals surface area contributed by atoms with Crippen LogP contribution in [-0.2, 0) is 0 Å². The van der Waals surface area contributed by atoms with E-state index in [0.29, 0.717) is 12.6 Å². The number of hydrogen-bond acceptors (Lipinski definition) is 3. The number of ether oxygens (including phenoxy) is 1. The van der Waals surface area contributed by atoms with Crippen molar-refractivity contribution in [2.24, 2.45) is 11.7 Å². The minimum atomic E-state index is 0.346. The number of nitrogens with two attached hydrogens (primary N) is 1. The summed E-state index contributed by atoms with van der Waals surface area (Å²) in [5.41, 5.74) is 7.28. The Morgan fingerprint density at radius 1 is 1.39 bits per heavy atom. The third-order valence-electron chi connectivity index (χ3n) is 3.85. The van der Waals surface area contributed by atoms with Gasteiger partial charge in [0.25, 0.3) is 0 Å². The molecule has 1 heterocycles. The molecular weight excluding hydrogens is 224 g/mol. The van der Waals surface area contributed by atoms with Crippen molar-refractivity contribution in [3.63, 3.8) is 0 Å². The van der Waals surface area contributed by atoms with Gasteiger partial charge in [0.15, 0.2) is 0 Å². The molecule has 1 aliphatic heterocycles. The van der Waals surface area contributed by atoms with E-state index in [1.54, 1.807) is 7.11 Å². The van der Waals surface area contributed by atoms with Crippen LogP contribution in [0.2, 0.25) is 0 Å². The average Bonchev–Trinajstić information content (AvgIpc) is 2.40. The van der Waals surface area contributed by atoms with Gasteiger partial charge in [0, 0.05) is 19.1 Å². The predicted molar refractivity (Wildman–Crippen MR) is 74.8 cm³/mol. The highest BCUT2D eigenvalue weighted by Crippen LogP contribution is 2.27. The van der Waals surface area contributed by atoms with E-state index in [1.807, 2.05) is 12.1 Å². The Morgan fingerprint density at radius 3 is 2.67 bits per heavy atom. The lowest BCUT2D eigenvalue weighted by molar-refractivity contribution is 0.133. The monoisotopic (exact) mass is 248 g/mol. The molecule has 1 aromatic carbocycles. The molecule has 0 bridgehead atoms. The molecular formula is C15H24N2O. The van der Waals surface area contributed by atoms with Gasteiger partial charge in [0.2, 0.25) is 0 Å². The lowest BCUT2D eigenvalue weighted by atomic mass is 9.96. The van der Waals surface area contributed by atoms with Gasteiger partial charge >= 0.3 is 0 Å². The van der Waals surface area contributed by atoms with Crippen molar-refractivity contribution in [2.45, 2.75) is 25.8 Å². The molecule has 0 saturated carbocycles. The van der Waals surface area contributed by atoms with Crippen LogP contribution in [0.25, 0.3) is 0 Å². The summed E-state index contributed by atoms with van der Waals surface area (Å²) in [6, 6.07) is 8.65. The zero-order valence-electron chi connectivity index (χ0n) is 11.4.